The van der Waals surface area contributed by atoms with Crippen molar-refractivity contribution in [1.29, 1.82) is 0 Å². The van der Waals surface area contributed by atoms with E-state index in [-0.39, 0.29) is 0 Å². The van der Waals surface area contributed by atoms with Crippen LogP contribution in [0.2, 0.25) is 0 Å². The Labute approximate surface area is 226 Å². The van der Waals surface area contributed by atoms with Crippen LogP contribution in [0.3, 0.4) is 0 Å². The molecule has 0 bridgehead atoms. The molecule has 0 saturated carbocycles. The predicted octanol–water partition coefficient (Wildman–Crippen LogP) is 6.02. The normalized spacial score (nSPS) is 14.0. The number of hydrogen-bond donors (Lipinski definition) is 1. The minimum atomic E-state index is 0.722. The molecule has 1 aromatic carbocycles. The average Bonchev–Trinajstić information content (AvgIpc) is 2.91. The Morgan fingerprint density at radius 1 is 0.944 bits per heavy atom. The van der Waals surface area contributed by atoms with Crippen molar-refractivity contribution in [3.8, 4) is 11.5 Å². The summed E-state index contributed by atoms with van der Waals surface area (Å²) in [5, 5.41) is 4.37. The molecule has 1 aromatic rings. The zero-order chi connectivity index (χ0) is 25.8. The first-order chi connectivity index (χ1) is 17.7. The first kappa shape index (κ1) is 30.7. The van der Waals surface area contributed by atoms with Crippen LogP contribution in [0.15, 0.2) is 18.2 Å². The van der Waals surface area contributed by atoms with Crippen LogP contribution >= 0.6 is 12.2 Å². The highest BCUT2D eigenvalue weighted by atomic mass is 32.1. The Bertz CT molecular complexity index is 713. The quantitative estimate of drug-likeness (QED) is 0.176. The molecule has 206 valence electrons. The largest absolute Gasteiger partial charge is 0.497 e. The van der Waals surface area contributed by atoms with Gasteiger partial charge in [0.1, 0.15) is 11.5 Å². The van der Waals surface area contributed by atoms with E-state index in [1.54, 1.807) is 14.2 Å². The number of ether oxygens (including phenoxy) is 3. The number of unbranched alkanes of at least 4 members (excludes halogenated alkanes) is 9. The van der Waals surface area contributed by atoms with Crippen LogP contribution < -0.4 is 14.8 Å². The number of rotatable bonds is 19. The van der Waals surface area contributed by atoms with Crippen LogP contribution in [-0.4, -0.2) is 75.1 Å². The van der Waals surface area contributed by atoms with Crippen LogP contribution in [0.4, 0.5) is 0 Å². The van der Waals surface area contributed by atoms with Gasteiger partial charge >= 0.3 is 0 Å². The van der Waals surface area contributed by atoms with Crippen molar-refractivity contribution in [3.05, 3.63) is 23.8 Å². The van der Waals surface area contributed by atoms with E-state index in [0.717, 1.165) is 81.1 Å². The molecule has 0 aliphatic carbocycles. The molecule has 1 saturated heterocycles. The van der Waals surface area contributed by atoms with Crippen molar-refractivity contribution in [1.82, 2.24) is 15.1 Å². The molecule has 0 atom stereocenters. The first-order valence-corrected chi connectivity index (χ1v) is 14.6. The highest BCUT2D eigenvalue weighted by Crippen LogP contribution is 2.26. The second-order valence-electron chi connectivity index (χ2n) is 9.82. The highest BCUT2D eigenvalue weighted by molar-refractivity contribution is 7.80. The van der Waals surface area contributed by atoms with Gasteiger partial charge in [-0.3, -0.25) is 4.90 Å². The van der Waals surface area contributed by atoms with Gasteiger partial charge in [-0.25, -0.2) is 0 Å². The van der Waals surface area contributed by atoms with E-state index >= 15 is 0 Å². The maximum absolute atomic E-state index is 5.86. The summed E-state index contributed by atoms with van der Waals surface area (Å²) in [6, 6.07) is 6.02. The summed E-state index contributed by atoms with van der Waals surface area (Å²) in [5.41, 5.74) is 1.12. The lowest BCUT2D eigenvalue weighted by molar-refractivity contribution is 0.0367. The summed E-state index contributed by atoms with van der Waals surface area (Å²) < 4.78 is 16.5. The van der Waals surface area contributed by atoms with Gasteiger partial charge in [-0.2, -0.15) is 0 Å². The zero-order valence-corrected chi connectivity index (χ0v) is 24.0. The fourth-order valence-corrected chi connectivity index (χ4v) is 4.93. The summed E-state index contributed by atoms with van der Waals surface area (Å²) in [6.45, 7) is 9.64. The van der Waals surface area contributed by atoms with Crippen LogP contribution in [0.1, 0.15) is 83.1 Å². The minimum Gasteiger partial charge on any atom is -0.497 e. The van der Waals surface area contributed by atoms with Crippen molar-refractivity contribution >= 4 is 17.3 Å². The van der Waals surface area contributed by atoms with E-state index in [2.05, 4.69) is 28.1 Å². The Kier molecular flexibility index (Phi) is 16.6. The summed E-state index contributed by atoms with van der Waals surface area (Å²) in [6.07, 6.45) is 14.5. The van der Waals surface area contributed by atoms with E-state index in [9.17, 15) is 0 Å². The van der Waals surface area contributed by atoms with E-state index in [1.165, 1.54) is 64.2 Å². The molecular weight excluding hydrogens is 470 g/mol. The van der Waals surface area contributed by atoms with Gasteiger partial charge in [0.25, 0.3) is 0 Å². The number of morpholine rings is 1. The summed E-state index contributed by atoms with van der Waals surface area (Å²) in [7, 11) is 3.39. The third kappa shape index (κ3) is 12.6. The van der Waals surface area contributed by atoms with Gasteiger partial charge in [0.05, 0.1) is 27.4 Å². The summed E-state index contributed by atoms with van der Waals surface area (Å²) >= 11 is 5.86. The maximum atomic E-state index is 5.86. The molecule has 0 unspecified atom stereocenters. The van der Waals surface area contributed by atoms with Gasteiger partial charge in [0.15, 0.2) is 5.11 Å². The molecule has 1 aliphatic rings. The van der Waals surface area contributed by atoms with Crippen molar-refractivity contribution in [3.63, 3.8) is 0 Å². The smallest absolute Gasteiger partial charge is 0.169 e. The Hall–Kier alpha value is -1.57. The van der Waals surface area contributed by atoms with Crippen molar-refractivity contribution in [2.75, 3.05) is 60.2 Å². The van der Waals surface area contributed by atoms with Gasteiger partial charge in [0, 0.05) is 50.9 Å². The standard InChI is InChI=1S/C29H51N3O3S/c1-4-5-6-7-8-9-10-11-12-13-17-30-29(36)32(19-14-18-31-20-22-35-23-21-31)25-26-15-16-27(33-2)24-28(26)34-3/h15-16,24H,4-14,17-23,25H2,1-3H3,(H,30,36). The maximum Gasteiger partial charge on any atom is 0.169 e. The minimum absolute atomic E-state index is 0.722. The number of hydrogen-bond acceptors (Lipinski definition) is 5. The van der Waals surface area contributed by atoms with Gasteiger partial charge in [0.2, 0.25) is 0 Å². The van der Waals surface area contributed by atoms with Crippen LogP contribution in [0, 0.1) is 0 Å². The molecule has 1 N–H and O–H groups in total. The lowest BCUT2D eigenvalue weighted by Gasteiger charge is -2.30. The third-order valence-electron chi connectivity index (χ3n) is 6.96. The Balaban J connectivity index is 1.77. The Morgan fingerprint density at radius 2 is 1.61 bits per heavy atom. The van der Waals surface area contributed by atoms with E-state index in [1.807, 2.05) is 12.1 Å². The molecule has 1 fully saturated rings. The fourth-order valence-electron chi connectivity index (χ4n) is 4.67. The predicted molar refractivity (Wildman–Crippen MR) is 154 cm³/mol. The van der Waals surface area contributed by atoms with Gasteiger partial charge in [-0.1, -0.05) is 64.7 Å². The molecule has 0 amide bonds. The molecule has 6 nitrogen and oxygen atoms in total. The summed E-state index contributed by atoms with van der Waals surface area (Å²) in [4.78, 5) is 4.77. The summed E-state index contributed by atoms with van der Waals surface area (Å²) in [5.74, 6) is 1.64. The lowest BCUT2D eigenvalue weighted by atomic mass is 10.1. The van der Waals surface area contributed by atoms with Gasteiger partial charge in [-0.15, -0.1) is 0 Å². The molecule has 0 spiro atoms. The molecule has 2 rings (SSSR count). The highest BCUT2D eigenvalue weighted by Gasteiger charge is 2.16. The topological polar surface area (TPSA) is 46.2 Å². The van der Waals surface area contributed by atoms with Crippen LogP contribution in [-0.2, 0) is 11.3 Å². The third-order valence-corrected chi connectivity index (χ3v) is 7.36. The average molecular weight is 522 g/mol. The van der Waals surface area contributed by atoms with Crippen molar-refractivity contribution in [2.24, 2.45) is 0 Å². The number of benzene rings is 1. The SMILES string of the molecule is CCCCCCCCCCCCNC(=S)N(CCCN1CCOCC1)Cc1ccc(OC)cc1OC. The monoisotopic (exact) mass is 521 g/mol. The fraction of sp³-hybridized carbons (Fsp3) is 0.759. The molecule has 0 aromatic heterocycles. The second kappa shape index (κ2) is 19.5. The van der Waals surface area contributed by atoms with Gasteiger partial charge < -0.3 is 24.4 Å². The number of thiocarbonyl (C=S) groups is 1. The van der Waals surface area contributed by atoms with Crippen LogP contribution in [0.5, 0.6) is 11.5 Å². The molecule has 7 heteroatoms. The number of nitrogens with one attached hydrogen (secondary N) is 1. The van der Waals surface area contributed by atoms with Gasteiger partial charge in [-0.05, 0) is 37.2 Å². The second-order valence-corrected chi connectivity index (χ2v) is 10.2. The molecular formula is C29H51N3O3S. The number of methoxy groups -OCH3 is 2. The van der Waals surface area contributed by atoms with E-state index in [0.29, 0.717) is 0 Å². The molecule has 1 heterocycles. The Morgan fingerprint density at radius 3 is 2.25 bits per heavy atom. The van der Waals surface area contributed by atoms with E-state index in [4.69, 9.17) is 26.4 Å². The molecule has 0 radical (unpaired) electrons. The van der Waals surface area contributed by atoms with Crippen molar-refractivity contribution in [2.45, 2.75) is 84.1 Å². The number of nitrogens with zero attached hydrogens (tertiary/aromatic N) is 2. The van der Waals surface area contributed by atoms with E-state index < -0.39 is 0 Å². The first-order valence-electron chi connectivity index (χ1n) is 14.2. The van der Waals surface area contributed by atoms with Crippen LogP contribution in [0.25, 0.3) is 0 Å². The zero-order valence-electron chi connectivity index (χ0n) is 23.2. The molecule has 36 heavy (non-hydrogen) atoms. The molecule has 1 aliphatic heterocycles. The van der Waals surface area contributed by atoms with Crippen molar-refractivity contribution < 1.29 is 14.2 Å². The lowest BCUT2D eigenvalue weighted by Crippen LogP contribution is -2.42.